The summed E-state index contributed by atoms with van der Waals surface area (Å²) in [5, 5.41) is 4.30. The summed E-state index contributed by atoms with van der Waals surface area (Å²) in [4.78, 5) is 11.8. The normalized spacial score (nSPS) is 10.6. The summed E-state index contributed by atoms with van der Waals surface area (Å²) in [5.74, 6) is 1.28. The average Bonchev–Trinajstić information content (AvgIpc) is 2.61. The highest BCUT2D eigenvalue weighted by molar-refractivity contribution is 6.33. The molecular formula is C18H19ClN2O4. The second kappa shape index (κ2) is 8.94. The Bertz CT molecular complexity index is 778. The Morgan fingerprint density at radius 1 is 1.20 bits per heavy atom. The van der Waals surface area contributed by atoms with E-state index in [1.165, 1.54) is 20.4 Å². The van der Waals surface area contributed by atoms with Crippen LogP contribution in [0, 0.1) is 6.92 Å². The van der Waals surface area contributed by atoms with Gasteiger partial charge in [-0.25, -0.2) is 5.43 Å². The van der Waals surface area contributed by atoms with Crippen molar-refractivity contribution in [2.24, 2.45) is 5.10 Å². The highest BCUT2D eigenvalue weighted by atomic mass is 35.5. The van der Waals surface area contributed by atoms with Gasteiger partial charge in [-0.2, -0.15) is 5.10 Å². The predicted molar refractivity (Wildman–Crippen MR) is 97.0 cm³/mol. The highest BCUT2D eigenvalue weighted by Gasteiger charge is 2.08. The summed E-state index contributed by atoms with van der Waals surface area (Å²) in [6.07, 6.45) is 1.43. The van der Waals surface area contributed by atoms with E-state index in [2.05, 4.69) is 10.5 Å². The lowest BCUT2D eigenvalue weighted by Crippen LogP contribution is -2.24. The molecule has 6 nitrogen and oxygen atoms in total. The van der Waals surface area contributed by atoms with Crippen LogP contribution in [0.15, 0.2) is 41.5 Å². The molecule has 0 radical (unpaired) electrons. The van der Waals surface area contributed by atoms with Gasteiger partial charge < -0.3 is 14.2 Å². The molecule has 0 aliphatic rings. The van der Waals surface area contributed by atoms with Crippen LogP contribution in [0.2, 0.25) is 5.02 Å². The second-order valence-corrected chi connectivity index (χ2v) is 5.53. The van der Waals surface area contributed by atoms with Crippen LogP contribution in [0.4, 0.5) is 0 Å². The van der Waals surface area contributed by atoms with Crippen molar-refractivity contribution in [2.45, 2.75) is 6.92 Å². The van der Waals surface area contributed by atoms with Gasteiger partial charge in [0.25, 0.3) is 5.91 Å². The molecule has 132 valence electrons. The maximum absolute atomic E-state index is 11.8. The average molecular weight is 363 g/mol. The maximum atomic E-state index is 11.8. The molecule has 7 heteroatoms. The lowest BCUT2D eigenvalue weighted by atomic mass is 10.2. The van der Waals surface area contributed by atoms with Gasteiger partial charge in [-0.1, -0.05) is 23.7 Å². The Kier molecular flexibility index (Phi) is 6.65. The summed E-state index contributed by atoms with van der Waals surface area (Å²) in [5.41, 5.74) is 4.02. The maximum Gasteiger partial charge on any atom is 0.277 e. The number of aryl methyl sites for hydroxylation is 1. The monoisotopic (exact) mass is 362 g/mol. The number of ether oxygens (including phenoxy) is 3. The van der Waals surface area contributed by atoms with Gasteiger partial charge in [0.2, 0.25) is 0 Å². The van der Waals surface area contributed by atoms with E-state index < -0.39 is 0 Å². The molecular weight excluding hydrogens is 344 g/mol. The molecule has 0 aliphatic carbocycles. The zero-order valence-electron chi connectivity index (χ0n) is 14.2. The molecule has 1 amide bonds. The van der Waals surface area contributed by atoms with Crippen molar-refractivity contribution >= 4 is 23.7 Å². The Labute approximate surface area is 151 Å². The van der Waals surface area contributed by atoms with Gasteiger partial charge in [0.05, 0.1) is 25.5 Å². The summed E-state index contributed by atoms with van der Waals surface area (Å²) in [6, 6.07) is 10.7. The molecule has 0 aliphatic heterocycles. The number of nitrogens with one attached hydrogen (secondary N) is 1. The van der Waals surface area contributed by atoms with Gasteiger partial charge in [-0.3, -0.25) is 4.79 Å². The smallest absolute Gasteiger partial charge is 0.277 e. The van der Waals surface area contributed by atoms with Crippen LogP contribution in [0.3, 0.4) is 0 Å². The minimum absolute atomic E-state index is 0.138. The molecule has 2 rings (SSSR count). The van der Waals surface area contributed by atoms with Crippen LogP contribution >= 0.6 is 11.6 Å². The Morgan fingerprint density at radius 2 is 1.92 bits per heavy atom. The highest BCUT2D eigenvalue weighted by Crippen LogP contribution is 2.32. The lowest BCUT2D eigenvalue weighted by Gasteiger charge is -2.09. The topological polar surface area (TPSA) is 69.2 Å². The fourth-order valence-electron chi connectivity index (χ4n) is 2.03. The van der Waals surface area contributed by atoms with E-state index in [1.807, 2.05) is 25.1 Å². The van der Waals surface area contributed by atoms with Crippen molar-refractivity contribution in [2.75, 3.05) is 20.8 Å². The number of rotatable bonds is 7. The van der Waals surface area contributed by atoms with Crippen molar-refractivity contribution in [3.8, 4) is 17.2 Å². The van der Waals surface area contributed by atoms with Gasteiger partial charge in [0.15, 0.2) is 18.1 Å². The van der Waals surface area contributed by atoms with E-state index in [1.54, 1.807) is 18.2 Å². The van der Waals surface area contributed by atoms with Crippen molar-refractivity contribution in [1.82, 2.24) is 5.43 Å². The van der Waals surface area contributed by atoms with E-state index in [0.29, 0.717) is 27.8 Å². The Morgan fingerprint density at radius 3 is 2.60 bits per heavy atom. The van der Waals surface area contributed by atoms with E-state index in [4.69, 9.17) is 25.8 Å². The minimum Gasteiger partial charge on any atom is -0.493 e. The number of halogens is 1. The number of benzene rings is 2. The molecule has 25 heavy (non-hydrogen) atoms. The first-order valence-electron chi connectivity index (χ1n) is 7.46. The summed E-state index contributed by atoms with van der Waals surface area (Å²) < 4.78 is 15.8. The van der Waals surface area contributed by atoms with Gasteiger partial charge in [-0.05, 0) is 30.7 Å². The van der Waals surface area contributed by atoms with Crippen molar-refractivity contribution in [1.29, 1.82) is 0 Å². The van der Waals surface area contributed by atoms with Gasteiger partial charge in [0, 0.05) is 11.6 Å². The van der Waals surface area contributed by atoms with Crippen LogP contribution in [-0.4, -0.2) is 32.9 Å². The third-order valence-corrected chi connectivity index (χ3v) is 3.58. The number of hydrogen-bond acceptors (Lipinski definition) is 5. The van der Waals surface area contributed by atoms with Crippen LogP contribution in [0.1, 0.15) is 11.1 Å². The minimum atomic E-state index is -0.380. The first-order valence-corrected chi connectivity index (χ1v) is 7.84. The second-order valence-electron chi connectivity index (χ2n) is 5.13. The zero-order chi connectivity index (χ0) is 18.2. The molecule has 0 unspecified atom stereocenters. The fraction of sp³-hybridized carbons (Fsp3) is 0.222. The van der Waals surface area contributed by atoms with Crippen molar-refractivity contribution < 1.29 is 19.0 Å². The fourth-order valence-corrected chi connectivity index (χ4v) is 2.23. The summed E-state index contributed by atoms with van der Waals surface area (Å²) in [6.45, 7) is 1.81. The first kappa shape index (κ1) is 18.6. The summed E-state index contributed by atoms with van der Waals surface area (Å²) in [7, 11) is 3.05. The van der Waals surface area contributed by atoms with Gasteiger partial charge >= 0.3 is 0 Å². The lowest BCUT2D eigenvalue weighted by molar-refractivity contribution is -0.123. The third kappa shape index (κ3) is 5.39. The van der Waals surface area contributed by atoms with Gasteiger partial charge in [0.1, 0.15) is 5.75 Å². The summed E-state index contributed by atoms with van der Waals surface area (Å²) >= 11 is 6.14. The van der Waals surface area contributed by atoms with Crippen LogP contribution in [-0.2, 0) is 4.79 Å². The Balaban J connectivity index is 1.93. The van der Waals surface area contributed by atoms with E-state index in [0.717, 1.165) is 5.56 Å². The van der Waals surface area contributed by atoms with E-state index in [9.17, 15) is 4.79 Å². The quantitative estimate of drug-likeness (QED) is 0.606. The zero-order valence-corrected chi connectivity index (χ0v) is 15.0. The number of nitrogens with zero attached hydrogens (tertiary/aromatic N) is 1. The Hall–Kier alpha value is -2.73. The molecule has 0 saturated carbocycles. The molecule has 0 atom stereocenters. The number of hydrogen-bond donors (Lipinski definition) is 1. The van der Waals surface area contributed by atoms with Crippen molar-refractivity contribution in [3.05, 3.63) is 52.5 Å². The van der Waals surface area contributed by atoms with E-state index in [-0.39, 0.29) is 12.5 Å². The predicted octanol–water partition coefficient (Wildman–Crippen LogP) is 3.19. The van der Waals surface area contributed by atoms with Crippen LogP contribution < -0.4 is 19.6 Å². The van der Waals surface area contributed by atoms with Crippen LogP contribution in [0.25, 0.3) is 0 Å². The molecule has 0 saturated heterocycles. The standard InChI is InChI=1S/C18H19ClN2O4/c1-12-5-4-6-14(7-12)25-11-18(22)21-20-10-13-8-16(23-2)17(24-3)9-15(13)19/h4-10H,11H2,1-3H3,(H,21,22)/b20-10+. The number of hydrazone groups is 1. The molecule has 0 bridgehead atoms. The largest absolute Gasteiger partial charge is 0.493 e. The third-order valence-electron chi connectivity index (χ3n) is 3.26. The first-order chi connectivity index (χ1) is 12.0. The van der Waals surface area contributed by atoms with Gasteiger partial charge in [-0.15, -0.1) is 0 Å². The molecule has 2 aromatic carbocycles. The molecule has 2 aromatic rings. The SMILES string of the molecule is COc1cc(Cl)c(/C=N/NC(=O)COc2cccc(C)c2)cc1OC. The molecule has 0 spiro atoms. The van der Waals surface area contributed by atoms with Crippen LogP contribution in [0.5, 0.6) is 17.2 Å². The molecule has 0 fully saturated rings. The number of amides is 1. The molecule has 0 aromatic heterocycles. The number of methoxy groups -OCH3 is 2. The molecule has 1 N–H and O–H groups in total. The number of carbonyl (C=O) groups excluding carboxylic acids is 1. The van der Waals surface area contributed by atoms with E-state index >= 15 is 0 Å². The molecule has 0 heterocycles. The number of carbonyl (C=O) groups is 1. The van der Waals surface area contributed by atoms with Crippen molar-refractivity contribution in [3.63, 3.8) is 0 Å².